The predicted molar refractivity (Wildman–Crippen MR) is 58.9 cm³/mol. The molecule has 0 unspecified atom stereocenters. The molecule has 0 amide bonds. The van der Waals surface area contributed by atoms with Gasteiger partial charge in [0, 0.05) is 18.6 Å². The number of hydrogen-bond acceptors (Lipinski definition) is 4. The molecule has 2 aromatic heterocycles. The molecule has 0 aliphatic heterocycles. The molecule has 0 aliphatic rings. The zero-order chi connectivity index (χ0) is 10.5. The van der Waals surface area contributed by atoms with E-state index in [-0.39, 0.29) is 0 Å². The van der Waals surface area contributed by atoms with Crippen LogP contribution in [-0.4, -0.2) is 15.0 Å². The quantitative estimate of drug-likeness (QED) is 0.825. The number of nitrogens with zero attached hydrogens (tertiary/aromatic N) is 3. The molecule has 0 fully saturated rings. The number of rotatable bonds is 3. The molecule has 76 valence electrons. The molecule has 4 heteroatoms. The first-order valence-electron chi connectivity index (χ1n) is 4.87. The normalized spacial score (nSPS) is 9.93. The molecule has 2 aromatic rings. The van der Waals surface area contributed by atoms with Crippen LogP contribution in [0.5, 0.6) is 0 Å². The Morgan fingerprint density at radius 1 is 1.13 bits per heavy atom. The summed E-state index contributed by atoms with van der Waals surface area (Å²) in [6.45, 7) is 2.07. The summed E-state index contributed by atoms with van der Waals surface area (Å²) in [5.74, 6) is 1.33. The first-order valence-corrected chi connectivity index (χ1v) is 4.87. The summed E-state index contributed by atoms with van der Waals surface area (Å²) in [5, 5.41) is 3.02. The minimum Gasteiger partial charge on any atom is -0.309 e. The second-order valence-electron chi connectivity index (χ2n) is 3.11. The van der Waals surface area contributed by atoms with Crippen molar-refractivity contribution in [1.82, 2.24) is 15.0 Å². The highest BCUT2D eigenvalue weighted by Gasteiger charge is 1.97. The Labute approximate surface area is 88.4 Å². The van der Waals surface area contributed by atoms with Gasteiger partial charge in [0.05, 0.1) is 0 Å². The summed E-state index contributed by atoms with van der Waals surface area (Å²) in [4.78, 5) is 12.5. The minimum atomic E-state index is 0.575. The van der Waals surface area contributed by atoms with Gasteiger partial charge in [0.2, 0.25) is 5.95 Å². The number of pyridine rings is 1. The zero-order valence-electron chi connectivity index (χ0n) is 8.51. The zero-order valence-corrected chi connectivity index (χ0v) is 8.51. The number of anilines is 2. The second kappa shape index (κ2) is 4.50. The SMILES string of the molecule is CCc1cnc(Nc2ccccn2)nc1. The molecular formula is C11H12N4. The molecular weight excluding hydrogens is 188 g/mol. The predicted octanol–water partition coefficient (Wildman–Crippen LogP) is 2.18. The summed E-state index contributed by atoms with van der Waals surface area (Å²) >= 11 is 0. The summed E-state index contributed by atoms with van der Waals surface area (Å²) < 4.78 is 0. The van der Waals surface area contributed by atoms with E-state index in [2.05, 4.69) is 27.2 Å². The van der Waals surface area contributed by atoms with Crippen molar-refractivity contribution in [1.29, 1.82) is 0 Å². The van der Waals surface area contributed by atoms with Crippen LogP contribution < -0.4 is 5.32 Å². The summed E-state index contributed by atoms with van der Waals surface area (Å²) in [7, 11) is 0. The van der Waals surface area contributed by atoms with Gasteiger partial charge in [-0.25, -0.2) is 15.0 Å². The molecule has 1 N–H and O–H groups in total. The molecule has 2 rings (SSSR count). The highest BCUT2D eigenvalue weighted by atomic mass is 15.1. The van der Waals surface area contributed by atoms with Crippen molar-refractivity contribution in [3.05, 3.63) is 42.4 Å². The maximum Gasteiger partial charge on any atom is 0.228 e. The van der Waals surface area contributed by atoms with Crippen LogP contribution in [0.25, 0.3) is 0 Å². The van der Waals surface area contributed by atoms with E-state index in [1.165, 1.54) is 0 Å². The molecule has 0 saturated carbocycles. The molecule has 4 nitrogen and oxygen atoms in total. The van der Waals surface area contributed by atoms with Crippen LogP contribution >= 0.6 is 0 Å². The van der Waals surface area contributed by atoms with Gasteiger partial charge >= 0.3 is 0 Å². The van der Waals surface area contributed by atoms with Crippen molar-refractivity contribution in [2.45, 2.75) is 13.3 Å². The number of nitrogens with one attached hydrogen (secondary N) is 1. The Morgan fingerprint density at radius 3 is 2.53 bits per heavy atom. The number of hydrogen-bond donors (Lipinski definition) is 1. The third-order valence-corrected chi connectivity index (χ3v) is 2.02. The second-order valence-corrected chi connectivity index (χ2v) is 3.11. The smallest absolute Gasteiger partial charge is 0.228 e. The van der Waals surface area contributed by atoms with Gasteiger partial charge in [0.25, 0.3) is 0 Å². The van der Waals surface area contributed by atoms with Crippen molar-refractivity contribution in [2.75, 3.05) is 5.32 Å². The Morgan fingerprint density at radius 2 is 1.93 bits per heavy atom. The van der Waals surface area contributed by atoms with Crippen LogP contribution in [0.4, 0.5) is 11.8 Å². The van der Waals surface area contributed by atoms with E-state index >= 15 is 0 Å². The first-order chi connectivity index (χ1) is 7.38. The highest BCUT2D eigenvalue weighted by molar-refractivity contribution is 5.46. The number of aromatic nitrogens is 3. The van der Waals surface area contributed by atoms with Crippen molar-refractivity contribution in [3.63, 3.8) is 0 Å². The third kappa shape index (κ3) is 2.49. The van der Waals surface area contributed by atoms with Crippen LogP contribution in [0, 0.1) is 0 Å². The molecule has 0 atom stereocenters. The van der Waals surface area contributed by atoms with E-state index in [0.717, 1.165) is 17.8 Å². The standard InChI is InChI=1S/C11H12N4/c1-2-9-7-13-11(14-8-9)15-10-5-3-4-6-12-10/h3-8H,2H2,1H3,(H,12,13,14,15). The fourth-order valence-electron chi connectivity index (χ4n) is 1.15. The molecule has 0 radical (unpaired) electrons. The van der Waals surface area contributed by atoms with Gasteiger partial charge in [-0.15, -0.1) is 0 Å². The Hall–Kier alpha value is -1.97. The molecule has 0 spiro atoms. The van der Waals surface area contributed by atoms with E-state index in [4.69, 9.17) is 0 Å². The van der Waals surface area contributed by atoms with Crippen molar-refractivity contribution in [2.24, 2.45) is 0 Å². The van der Waals surface area contributed by atoms with E-state index in [0.29, 0.717) is 5.95 Å². The van der Waals surface area contributed by atoms with Crippen molar-refractivity contribution >= 4 is 11.8 Å². The van der Waals surface area contributed by atoms with Crippen molar-refractivity contribution in [3.8, 4) is 0 Å². The maximum atomic E-state index is 4.18. The van der Waals surface area contributed by atoms with Gasteiger partial charge in [-0.1, -0.05) is 13.0 Å². The average Bonchev–Trinajstić information content (AvgIpc) is 2.31. The highest BCUT2D eigenvalue weighted by Crippen LogP contribution is 2.08. The van der Waals surface area contributed by atoms with Crippen LogP contribution in [0.2, 0.25) is 0 Å². The van der Waals surface area contributed by atoms with E-state index in [1.807, 2.05) is 30.6 Å². The fraction of sp³-hybridized carbons (Fsp3) is 0.182. The van der Waals surface area contributed by atoms with Gasteiger partial charge in [-0.05, 0) is 24.1 Å². The number of aryl methyl sites for hydroxylation is 1. The van der Waals surface area contributed by atoms with E-state index in [9.17, 15) is 0 Å². The Balaban J connectivity index is 2.11. The van der Waals surface area contributed by atoms with Crippen LogP contribution in [-0.2, 0) is 6.42 Å². The molecule has 0 bridgehead atoms. The van der Waals surface area contributed by atoms with Gasteiger partial charge in [0.15, 0.2) is 0 Å². The van der Waals surface area contributed by atoms with Crippen molar-refractivity contribution < 1.29 is 0 Å². The summed E-state index contributed by atoms with van der Waals surface area (Å²) in [5.41, 5.74) is 1.13. The molecule has 2 heterocycles. The average molecular weight is 200 g/mol. The lowest BCUT2D eigenvalue weighted by atomic mass is 10.3. The first kappa shape index (κ1) is 9.58. The fourth-order valence-corrected chi connectivity index (χ4v) is 1.15. The maximum absolute atomic E-state index is 4.18. The summed E-state index contributed by atoms with van der Waals surface area (Å²) in [6, 6.07) is 5.65. The van der Waals surface area contributed by atoms with Crippen LogP contribution in [0.1, 0.15) is 12.5 Å². The Bertz CT molecular complexity index is 410. The lowest BCUT2D eigenvalue weighted by Gasteiger charge is -2.03. The molecule has 0 saturated heterocycles. The molecule has 15 heavy (non-hydrogen) atoms. The van der Waals surface area contributed by atoms with Crippen LogP contribution in [0.15, 0.2) is 36.8 Å². The van der Waals surface area contributed by atoms with Crippen LogP contribution in [0.3, 0.4) is 0 Å². The largest absolute Gasteiger partial charge is 0.309 e. The lowest BCUT2D eigenvalue weighted by molar-refractivity contribution is 1.04. The van der Waals surface area contributed by atoms with Gasteiger partial charge < -0.3 is 5.32 Å². The molecule has 0 aliphatic carbocycles. The monoisotopic (exact) mass is 200 g/mol. The molecule has 0 aromatic carbocycles. The lowest BCUT2D eigenvalue weighted by Crippen LogP contribution is -1.98. The van der Waals surface area contributed by atoms with Gasteiger partial charge in [0.1, 0.15) is 5.82 Å². The summed E-state index contributed by atoms with van der Waals surface area (Å²) in [6.07, 6.45) is 6.31. The van der Waals surface area contributed by atoms with E-state index in [1.54, 1.807) is 6.20 Å². The van der Waals surface area contributed by atoms with E-state index < -0.39 is 0 Å². The van der Waals surface area contributed by atoms with Gasteiger partial charge in [-0.2, -0.15) is 0 Å². The third-order valence-electron chi connectivity index (χ3n) is 2.02. The minimum absolute atomic E-state index is 0.575. The Kier molecular flexibility index (Phi) is 2.88. The topological polar surface area (TPSA) is 50.7 Å². The van der Waals surface area contributed by atoms with Gasteiger partial charge in [-0.3, -0.25) is 0 Å².